The molecule has 116 valence electrons. The summed E-state index contributed by atoms with van der Waals surface area (Å²) in [6.07, 6.45) is 3.22. The fourth-order valence-corrected chi connectivity index (χ4v) is 2.21. The zero-order chi connectivity index (χ0) is 16.2. The molecule has 0 fully saturated rings. The predicted octanol–water partition coefficient (Wildman–Crippen LogP) is 3.47. The molecule has 0 heterocycles. The van der Waals surface area contributed by atoms with E-state index in [1.54, 1.807) is 13.8 Å². The Morgan fingerprint density at radius 1 is 1.05 bits per heavy atom. The molecule has 1 rings (SSSR count). The van der Waals surface area contributed by atoms with E-state index >= 15 is 0 Å². The van der Waals surface area contributed by atoms with Crippen molar-refractivity contribution in [3.8, 4) is 11.5 Å². The number of benzene rings is 1. The first-order valence-electron chi connectivity index (χ1n) is 7.05. The summed E-state index contributed by atoms with van der Waals surface area (Å²) in [7, 11) is 0. The average molecular weight is 292 g/mol. The zero-order valence-electron chi connectivity index (χ0n) is 13.4. The third-order valence-corrected chi connectivity index (χ3v) is 3.85. The van der Waals surface area contributed by atoms with E-state index in [1.165, 1.54) is 6.92 Å². The lowest BCUT2D eigenvalue weighted by molar-refractivity contribution is -0.139. The SMILES string of the molecule is CC(=O)OC/C=C(/C)CCc1c(C)c(O)c(C)c(C)c1O. The Morgan fingerprint density at radius 2 is 1.62 bits per heavy atom. The maximum atomic E-state index is 10.7. The molecule has 0 saturated heterocycles. The third kappa shape index (κ3) is 4.25. The van der Waals surface area contributed by atoms with Gasteiger partial charge in [0.1, 0.15) is 18.1 Å². The Hall–Kier alpha value is -1.97. The molecule has 0 aromatic heterocycles. The quantitative estimate of drug-likeness (QED) is 0.495. The van der Waals surface area contributed by atoms with Crippen LogP contribution in [0, 0.1) is 20.8 Å². The van der Waals surface area contributed by atoms with E-state index < -0.39 is 0 Å². The molecule has 4 nitrogen and oxygen atoms in total. The van der Waals surface area contributed by atoms with Gasteiger partial charge in [0, 0.05) is 12.5 Å². The first kappa shape index (κ1) is 17.1. The maximum Gasteiger partial charge on any atom is 0.302 e. The summed E-state index contributed by atoms with van der Waals surface area (Å²) in [6.45, 7) is 9.01. The van der Waals surface area contributed by atoms with E-state index in [4.69, 9.17) is 4.74 Å². The molecule has 0 radical (unpaired) electrons. The molecule has 0 saturated carbocycles. The van der Waals surface area contributed by atoms with Crippen LogP contribution in [0.15, 0.2) is 11.6 Å². The molecule has 0 aliphatic carbocycles. The molecule has 0 amide bonds. The number of carbonyl (C=O) groups excluding carboxylic acids is 1. The Labute approximate surface area is 126 Å². The number of phenols is 2. The maximum absolute atomic E-state index is 10.7. The van der Waals surface area contributed by atoms with E-state index in [1.807, 2.05) is 19.9 Å². The van der Waals surface area contributed by atoms with Gasteiger partial charge in [-0.3, -0.25) is 4.79 Å². The standard InChI is InChI=1S/C17H24O4/c1-10(8-9-21-14(5)18)6-7-15-13(4)16(19)11(2)12(3)17(15)20/h8,19-20H,6-7,9H2,1-5H3/b10-8-. The number of hydrogen-bond donors (Lipinski definition) is 2. The Balaban J connectivity index is 2.83. The smallest absolute Gasteiger partial charge is 0.302 e. The summed E-state index contributed by atoms with van der Waals surface area (Å²) in [5, 5.41) is 20.3. The minimum Gasteiger partial charge on any atom is -0.507 e. The molecule has 1 aromatic rings. The lowest BCUT2D eigenvalue weighted by Gasteiger charge is -2.16. The van der Waals surface area contributed by atoms with Crippen LogP contribution in [0.5, 0.6) is 11.5 Å². The van der Waals surface area contributed by atoms with Crippen LogP contribution in [0.3, 0.4) is 0 Å². The fourth-order valence-electron chi connectivity index (χ4n) is 2.21. The molecule has 0 aliphatic rings. The van der Waals surface area contributed by atoms with Crippen molar-refractivity contribution in [3.05, 3.63) is 33.9 Å². The number of allylic oxidation sites excluding steroid dienone is 1. The number of aromatic hydroxyl groups is 2. The molecule has 0 bridgehead atoms. The highest BCUT2D eigenvalue weighted by Crippen LogP contribution is 2.37. The Bertz CT molecular complexity index is 542. The molecule has 2 N–H and O–H groups in total. The number of esters is 1. The van der Waals surface area contributed by atoms with E-state index in [0.717, 1.165) is 34.2 Å². The Kier molecular flexibility index (Phi) is 5.82. The van der Waals surface area contributed by atoms with Crippen molar-refractivity contribution < 1.29 is 19.7 Å². The van der Waals surface area contributed by atoms with Crippen molar-refractivity contribution in [3.63, 3.8) is 0 Å². The largest absolute Gasteiger partial charge is 0.507 e. The fraction of sp³-hybridized carbons (Fsp3) is 0.471. The summed E-state index contributed by atoms with van der Waals surface area (Å²) in [6, 6.07) is 0. The van der Waals surface area contributed by atoms with Gasteiger partial charge in [-0.15, -0.1) is 0 Å². The molecule has 0 atom stereocenters. The van der Waals surface area contributed by atoms with Gasteiger partial charge in [0.15, 0.2) is 0 Å². The normalized spacial score (nSPS) is 11.6. The van der Waals surface area contributed by atoms with E-state index in [9.17, 15) is 15.0 Å². The van der Waals surface area contributed by atoms with Crippen LogP contribution in [0.1, 0.15) is 42.5 Å². The van der Waals surface area contributed by atoms with Crippen molar-refractivity contribution in [2.24, 2.45) is 0 Å². The summed E-state index contributed by atoms with van der Waals surface area (Å²) in [4.78, 5) is 10.7. The minimum absolute atomic E-state index is 0.252. The van der Waals surface area contributed by atoms with Crippen LogP contribution in [0.2, 0.25) is 0 Å². The van der Waals surface area contributed by atoms with E-state index in [2.05, 4.69) is 0 Å². The average Bonchev–Trinajstić information content (AvgIpc) is 2.42. The molecular formula is C17H24O4. The number of ether oxygens (including phenoxy) is 1. The van der Waals surface area contributed by atoms with Gasteiger partial charge >= 0.3 is 5.97 Å². The third-order valence-electron chi connectivity index (χ3n) is 3.85. The predicted molar refractivity (Wildman–Crippen MR) is 82.7 cm³/mol. The summed E-state index contributed by atoms with van der Waals surface area (Å²) >= 11 is 0. The molecule has 0 unspecified atom stereocenters. The van der Waals surface area contributed by atoms with Gasteiger partial charge in [0.25, 0.3) is 0 Å². The molecular weight excluding hydrogens is 268 g/mol. The van der Waals surface area contributed by atoms with Crippen molar-refractivity contribution in [2.45, 2.75) is 47.5 Å². The molecule has 4 heteroatoms. The molecule has 1 aromatic carbocycles. The monoisotopic (exact) mass is 292 g/mol. The van der Waals surface area contributed by atoms with Crippen molar-refractivity contribution in [1.29, 1.82) is 0 Å². The van der Waals surface area contributed by atoms with Crippen molar-refractivity contribution >= 4 is 5.97 Å². The van der Waals surface area contributed by atoms with Gasteiger partial charge in [-0.1, -0.05) is 5.57 Å². The van der Waals surface area contributed by atoms with Crippen LogP contribution < -0.4 is 0 Å². The second kappa shape index (κ2) is 7.16. The van der Waals surface area contributed by atoms with Gasteiger partial charge in [-0.25, -0.2) is 0 Å². The first-order valence-corrected chi connectivity index (χ1v) is 7.05. The van der Waals surface area contributed by atoms with Crippen LogP contribution >= 0.6 is 0 Å². The first-order chi connectivity index (χ1) is 9.75. The number of carbonyl (C=O) groups is 1. The van der Waals surface area contributed by atoms with E-state index in [0.29, 0.717) is 6.42 Å². The second-order valence-electron chi connectivity index (χ2n) is 5.40. The lowest BCUT2D eigenvalue weighted by atomic mass is 9.93. The summed E-state index contributed by atoms with van der Waals surface area (Å²) in [5.74, 6) is 0.212. The summed E-state index contributed by atoms with van der Waals surface area (Å²) < 4.78 is 4.86. The lowest BCUT2D eigenvalue weighted by Crippen LogP contribution is -2.00. The topological polar surface area (TPSA) is 66.8 Å². The molecule has 21 heavy (non-hydrogen) atoms. The van der Waals surface area contributed by atoms with Gasteiger partial charge in [-0.05, 0) is 63.3 Å². The van der Waals surface area contributed by atoms with Crippen LogP contribution in [0.4, 0.5) is 0 Å². The van der Waals surface area contributed by atoms with Crippen LogP contribution in [-0.2, 0) is 16.0 Å². The number of rotatable bonds is 5. The molecule has 0 spiro atoms. The van der Waals surface area contributed by atoms with E-state index in [-0.39, 0.29) is 24.1 Å². The van der Waals surface area contributed by atoms with Crippen molar-refractivity contribution in [2.75, 3.05) is 6.61 Å². The molecule has 0 aliphatic heterocycles. The second-order valence-corrected chi connectivity index (χ2v) is 5.40. The highest BCUT2D eigenvalue weighted by atomic mass is 16.5. The van der Waals surface area contributed by atoms with Gasteiger partial charge in [-0.2, -0.15) is 0 Å². The van der Waals surface area contributed by atoms with Gasteiger partial charge in [0.05, 0.1) is 0 Å². The summed E-state index contributed by atoms with van der Waals surface area (Å²) in [5.41, 5.74) is 4.01. The number of phenolic OH excluding ortho intramolecular Hbond substituents is 2. The van der Waals surface area contributed by atoms with Crippen molar-refractivity contribution in [1.82, 2.24) is 0 Å². The van der Waals surface area contributed by atoms with Crippen LogP contribution in [0.25, 0.3) is 0 Å². The van der Waals surface area contributed by atoms with Crippen LogP contribution in [-0.4, -0.2) is 22.8 Å². The Morgan fingerprint density at radius 3 is 2.19 bits per heavy atom. The zero-order valence-corrected chi connectivity index (χ0v) is 13.4. The minimum atomic E-state index is -0.299. The van der Waals surface area contributed by atoms with Gasteiger partial charge in [0.2, 0.25) is 0 Å². The van der Waals surface area contributed by atoms with Gasteiger partial charge < -0.3 is 14.9 Å². The highest BCUT2D eigenvalue weighted by molar-refractivity contribution is 5.66. The highest BCUT2D eigenvalue weighted by Gasteiger charge is 2.15. The number of hydrogen-bond acceptors (Lipinski definition) is 4.